The molecule has 1 heterocycles. The fourth-order valence-electron chi connectivity index (χ4n) is 1.83. The van der Waals surface area contributed by atoms with Crippen molar-refractivity contribution in [2.45, 2.75) is 19.8 Å². The summed E-state index contributed by atoms with van der Waals surface area (Å²) in [6.07, 6.45) is 1.81. The smallest absolute Gasteiger partial charge is 0.167 e. The number of rotatable bonds is 2. The van der Waals surface area contributed by atoms with Gasteiger partial charge in [-0.15, -0.1) is 0 Å². The van der Waals surface area contributed by atoms with Crippen LogP contribution in [0.2, 0.25) is 0 Å². The molecule has 0 saturated carbocycles. The number of hydrogen-bond donors (Lipinski definition) is 2. The molecule has 0 atom stereocenters. The number of anilines is 1. The number of nitrogens with one attached hydrogen (secondary N) is 1. The minimum Gasteiger partial charge on any atom is -0.492 e. The van der Waals surface area contributed by atoms with Crippen LogP contribution in [0.1, 0.15) is 25.3 Å². The zero-order valence-electron chi connectivity index (χ0n) is 9.16. The van der Waals surface area contributed by atoms with Gasteiger partial charge in [-0.1, -0.05) is 13.8 Å². The van der Waals surface area contributed by atoms with Crippen LogP contribution >= 0.6 is 0 Å². The van der Waals surface area contributed by atoms with E-state index in [-0.39, 0.29) is 0 Å². The Morgan fingerprint density at radius 2 is 2.20 bits per heavy atom. The predicted molar refractivity (Wildman–Crippen MR) is 61.1 cm³/mol. The summed E-state index contributed by atoms with van der Waals surface area (Å²) >= 11 is 0. The van der Waals surface area contributed by atoms with Crippen LogP contribution in [0.4, 0.5) is 5.69 Å². The molecule has 0 radical (unpaired) electrons. The molecule has 0 spiro atoms. The summed E-state index contributed by atoms with van der Waals surface area (Å²) in [4.78, 5) is 0. The number of H-pyrrole nitrogens is 1. The summed E-state index contributed by atoms with van der Waals surface area (Å²) in [7, 11) is 1.61. The van der Waals surface area contributed by atoms with Crippen molar-refractivity contribution in [3.05, 3.63) is 17.8 Å². The number of methoxy groups -OCH3 is 1. The summed E-state index contributed by atoms with van der Waals surface area (Å²) < 4.78 is 5.26. The number of aromatic nitrogens is 2. The molecule has 0 aliphatic heterocycles. The topological polar surface area (TPSA) is 63.9 Å². The Balaban J connectivity index is 2.80. The Bertz CT molecular complexity index is 488. The first-order chi connectivity index (χ1) is 7.15. The Morgan fingerprint density at radius 1 is 1.47 bits per heavy atom. The average molecular weight is 205 g/mol. The summed E-state index contributed by atoms with van der Waals surface area (Å²) in [6.45, 7) is 4.27. The molecule has 0 aliphatic carbocycles. The maximum atomic E-state index is 5.92. The molecular weight excluding hydrogens is 190 g/mol. The Labute approximate surface area is 88.4 Å². The maximum Gasteiger partial charge on any atom is 0.167 e. The zero-order chi connectivity index (χ0) is 11.0. The van der Waals surface area contributed by atoms with Crippen molar-refractivity contribution in [3.8, 4) is 5.75 Å². The predicted octanol–water partition coefficient (Wildman–Crippen LogP) is 2.28. The molecule has 4 nitrogen and oxygen atoms in total. The third-order valence-electron chi connectivity index (χ3n) is 2.58. The lowest BCUT2D eigenvalue weighted by Gasteiger charge is -2.11. The van der Waals surface area contributed by atoms with E-state index < -0.39 is 0 Å². The molecule has 0 aliphatic rings. The van der Waals surface area contributed by atoms with E-state index in [2.05, 4.69) is 24.0 Å². The third-order valence-corrected chi connectivity index (χ3v) is 2.58. The van der Waals surface area contributed by atoms with Gasteiger partial charge in [-0.25, -0.2) is 0 Å². The lowest BCUT2D eigenvalue weighted by molar-refractivity contribution is 0.421. The van der Waals surface area contributed by atoms with Crippen LogP contribution in [-0.2, 0) is 0 Å². The van der Waals surface area contributed by atoms with Gasteiger partial charge in [-0.3, -0.25) is 5.10 Å². The lowest BCUT2D eigenvalue weighted by Crippen LogP contribution is -1.97. The summed E-state index contributed by atoms with van der Waals surface area (Å²) in [6, 6.07) is 1.96. The van der Waals surface area contributed by atoms with E-state index in [1.165, 1.54) is 5.56 Å². The van der Waals surface area contributed by atoms with E-state index in [0.29, 0.717) is 17.4 Å². The molecule has 2 aromatic rings. The Morgan fingerprint density at radius 3 is 2.80 bits per heavy atom. The highest BCUT2D eigenvalue weighted by Gasteiger charge is 2.14. The molecule has 2 rings (SSSR count). The third kappa shape index (κ3) is 1.42. The van der Waals surface area contributed by atoms with Crippen LogP contribution in [0, 0.1) is 0 Å². The van der Waals surface area contributed by atoms with E-state index in [1.807, 2.05) is 12.3 Å². The Kier molecular flexibility index (Phi) is 2.26. The molecule has 1 aromatic carbocycles. The lowest BCUT2D eigenvalue weighted by atomic mass is 9.98. The first-order valence-corrected chi connectivity index (χ1v) is 4.94. The number of fused-ring (bicyclic) bond motifs is 1. The summed E-state index contributed by atoms with van der Waals surface area (Å²) in [5, 5.41) is 8.03. The normalized spacial score (nSPS) is 11.2. The second kappa shape index (κ2) is 3.46. The number of benzene rings is 1. The number of ether oxygens (including phenoxy) is 1. The summed E-state index contributed by atoms with van der Waals surface area (Å²) in [5.41, 5.74) is 8.64. The van der Waals surface area contributed by atoms with Crippen LogP contribution < -0.4 is 10.5 Å². The molecular formula is C11H15N3O. The van der Waals surface area contributed by atoms with Crippen molar-refractivity contribution in [2.24, 2.45) is 0 Å². The van der Waals surface area contributed by atoms with Crippen LogP contribution in [0.15, 0.2) is 12.3 Å². The largest absolute Gasteiger partial charge is 0.492 e. The molecule has 0 unspecified atom stereocenters. The minimum absolute atomic E-state index is 0.415. The van der Waals surface area contributed by atoms with Crippen molar-refractivity contribution >= 4 is 16.6 Å². The summed E-state index contributed by atoms with van der Waals surface area (Å²) in [5.74, 6) is 1.09. The van der Waals surface area contributed by atoms with Crippen LogP contribution in [0.3, 0.4) is 0 Å². The molecule has 0 fully saturated rings. The molecule has 0 bridgehead atoms. The molecule has 15 heavy (non-hydrogen) atoms. The fourth-order valence-corrected chi connectivity index (χ4v) is 1.83. The van der Waals surface area contributed by atoms with E-state index >= 15 is 0 Å². The van der Waals surface area contributed by atoms with Gasteiger partial charge in [0.2, 0.25) is 0 Å². The van der Waals surface area contributed by atoms with Gasteiger partial charge in [0.15, 0.2) is 5.75 Å². The highest BCUT2D eigenvalue weighted by atomic mass is 16.5. The quantitative estimate of drug-likeness (QED) is 0.739. The van der Waals surface area contributed by atoms with E-state index in [4.69, 9.17) is 10.5 Å². The van der Waals surface area contributed by atoms with Gasteiger partial charge >= 0.3 is 0 Å². The number of nitrogens with two attached hydrogens (primary N) is 1. The average Bonchev–Trinajstić information content (AvgIpc) is 2.64. The van der Waals surface area contributed by atoms with E-state index in [9.17, 15) is 0 Å². The molecule has 0 amide bonds. The highest BCUT2D eigenvalue weighted by molar-refractivity contribution is 5.92. The van der Waals surface area contributed by atoms with Gasteiger partial charge in [0, 0.05) is 5.39 Å². The van der Waals surface area contributed by atoms with Gasteiger partial charge in [-0.05, 0) is 17.5 Å². The standard InChI is InChI=1S/C11H15N3O/c1-6(2)7-4-9(12)11(15-3)10-8(7)5-13-14-10/h4-6H,12H2,1-3H3,(H,13,14). The van der Waals surface area contributed by atoms with Gasteiger partial charge in [0.05, 0.1) is 19.0 Å². The van der Waals surface area contributed by atoms with Crippen molar-refractivity contribution in [1.29, 1.82) is 0 Å². The zero-order valence-corrected chi connectivity index (χ0v) is 9.16. The SMILES string of the molecule is COc1c(N)cc(C(C)C)c2cn[nH]c12. The van der Waals surface area contributed by atoms with Crippen LogP contribution in [0.25, 0.3) is 10.9 Å². The first-order valence-electron chi connectivity index (χ1n) is 4.94. The van der Waals surface area contributed by atoms with Gasteiger partial charge < -0.3 is 10.5 Å². The molecule has 0 saturated heterocycles. The van der Waals surface area contributed by atoms with Crippen molar-refractivity contribution in [3.63, 3.8) is 0 Å². The van der Waals surface area contributed by atoms with Crippen molar-refractivity contribution in [2.75, 3.05) is 12.8 Å². The second-order valence-electron chi connectivity index (χ2n) is 3.90. The van der Waals surface area contributed by atoms with Gasteiger partial charge in [0.25, 0.3) is 0 Å². The number of aromatic amines is 1. The molecule has 3 N–H and O–H groups in total. The number of hydrogen-bond acceptors (Lipinski definition) is 3. The van der Waals surface area contributed by atoms with E-state index in [0.717, 1.165) is 10.9 Å². The van der Waals surface area contributed by atoms with Gasteiger partial charge in [-0.2, -0.15) is 5.10 Å². The molecule has 1 aromatic heterocycles. The molecule has 4 heteroatoms. The number of nitrogens with zero attached hydrogens (tertiary/aromatic N) is 1. The second-order valence-corrected chi connectivity index (χ2v) is 3.90. The minimum atomic E-state index is 0.415. The van der Waals surface area contributed by atoms with Gasteiger partial charge in [0.1, 0.15) is 5.52 Å². The van der Waals surface area contributed by atoms with Crippen LogP contribution in [-0.4, -0.2) is 17.3 Å². The van der Waals surface area contributed by atoms with Crippen molar-refractivity contribution in [1.82, 2.24) is 10.2 Å². The Hall–Kier alpha value is -1.71. The fraction of sp³-hybridized carbons (Fsp3) is 0.364. The number of nitrogen functional groups attached to an aromatic ring is 1. The monoisotopic (exact) mass is 205 g/mol. The molecule has 80 valence electrons. The first kappa shape index (κ1) is 9.83. The van der Waals surface area contributed by atoms with E-state index in [1.54, 1.807) is 7.11 Å². The van der Waals surface area contributed by atoms with Crippen molar-refractivity contribution < 1.29 is 4.74 Å². The highest BCUT2D eigenvalue weighted by Crippen LogP contribution is 2.35. The van der Waals surface area contributed by atoms with Crippen LogP contribution in [0.5, 0.6) is 5.75 Å². The maximum absolute atomic E-state index is 5.92.